The summed E-state index contributed by atoms with van der Waals surface area (Å²) in [4.78, 5) is 11.8. The average molecular weight is 246 g/mol. The van der Waals surface area contributed by atoms with Crippen LogP contribution in [0.5, 0.6) is 0 Å². The number of rotatable bonds is 5. The van der Waals surface area contributed by atoms with Crippen molar-refractivity contribution in [2.75, 3.05) is 31.6 Å². The third kappa shape index (κ3) is 3.96. The molecular formula is C11H22N2O2S. The van der Waals surface area contributed by atoms with E-state index in [1.807, 2.05) is 6.26 Å². The van der Waals surface area contributed by atoms with Crippen molar-refractivity contribution in [1.29, 1.82) is 0 Å². The van der Waals surface area contributed by atoms with E-state index in [2.05, 4.69) is 17.6 Å². The highest BCUT2D eigenvalue weighted by atomic mass is 32.2. The van der Waals surface area contributed by atoms with Gasteiger partial charge in [0.1, 0.15) is 0 Å². The van der Waals surface area contributed by atoms with E-state index in [1.165, 1.54) is 0 Å². The topological polar surface area (TPSA) is 61.4 Å². The van der Waals surface area contributed by atoms with Crippen molar-refractivity contribution in [3.8, 4) is 0 Å². The van der Waals surface area contributed by atoms with Crippen molar-refractivity contribution < 1.29 is 9.90 Å². The predicted molar refractivity (Wildman–Crippen MR) is 67.5 cm³/mol. The lowest BCUT2D eigenvalue weighted by Crippen LogP contribution is -2.45. The summed E-state index contributed by atoms with van der Waals surface area (Å²) in [5.41, 5.74) is -0.815. The Bertz CT molecular complexity index is 246. The molecular weight excluding hydrogens is 224 g/mol. The van der Waals surface area contributed by atoms with Crippen molar-refractivity contribution in [2.45, 2.75) is 19.4 Å². The second-order valence-corrected chi connectivity index (χ2v) is 5.76. The monoisotopic (exact) mass is 246 g/mol. The molecule has 3 N–H and O–H groups in total. The van der Waals surface area contributed by atoms with E-state index in [4.69, 9.17) is 0 Å². The van der Waals surface area contributed by atoms with Gasteiger partial charge in [0.2, 0.25) is 5.91 Å². The molecule has 1 rings (SSSR count). The third-order valence-electron chi connectivity index (χ3n) is 2.95. The number of thioether (sulfide) groups is 1. The quantitative estimate of drug-likeness (QED) is 0.642. The number of hydrogen-bond donors (Lipinski definition) is 3. The standard InChI is InChI=1S/C11H22N2O2S/c1-8-4-12-5-9(8)10(14)13-6-11(2,15)7-16-3/h8-9,12,15H,4-7H2,1-3H3,(H,13,14). The van der Waals surface area contributed by atoms with Crippen LogP contribution in [-0.4, -0.2) is 48.3 Å². The summed E-state index contributed by atoms with van der Waals surface area (Å²) in [6.45, 7) is 5.80. The summed E-state index contributed by atoms with van der Waals surface area (Å²) in [5, 5.41) is 16.0. The first-order valence-electron chi connectivity index (χ1n) is 5.66. The molecule has 1 fully saturated rings. The second-order valence-electron chi connectivity index (χ2n) is 4.89. The molecule has 16 heavy (non-hydrogen) atoms. The zero-order chi connectivity index (χ0) is 12.2. The SMILES string of the molecule is CSCC(C)(O)CNC(=O)C1CNCC1C. The Morgan fingerprint density at radius 2 is 2.31 bits per heavy atom. The van der Waals surface area contributed by atoms with E-state index in [0.29, 0.717) is 18.2 Å². The predicted octanol–water partition coefficient (Wildman–Crippen LogP) is 0.0721. The number of nitrogens with one attached hydrogen (secondary N) is 2. The fourth-order valence-corrected chi connectivity index (χ4v) is 2.66. The van der Waals surface area contributed by atoms with E-state index in [0.717, 1.165) is 13.1 Å². The largest absolute Gasteiger partial charge is 0.387 e. The molecule has 94 valence electrons. The van der Waals surface area contributed by atoms with E-state index < -0.39 is 5.60 Å². The van der Waals surface area contributed by atoms with Crippen molar-refractivity contribution in [2.24, 2.45) is 11.8 Å². The van der Waals surface area contributed by atoms with Crippen LogP contribution in [0.4, 0.5) is 0 Å². The Balaban J connectivity index is 2.34. The molecule has 0 radical (unpaired) electrons. The van der Waals surface area contributed by atoms with Crippen molar-refractivity contribution in [3.63, 3.8) is 0 Å². The molecule has 0 spiro atoms. The molecule has 0 saturated carbocycles. The number of carbonyl (C=O) groups excluding carboxylic acids is 1. The minimum absolute atomic E-state index is 0.0464. The Morgan fingerprint density at radius 3 is 2.81 bits per heavy atom. The first-order chi connectivity index (χ1) is 7.46. The van der Waals surface area contributed by atoms with E-state index in [9.17, 15) is 9.90 Å². The van der Waals surface area contributed by atoms with Gasteiger partial charge in [-0.15, -0.1) is 0 Å². The summed E-state index contributed by atoms with van der Waals surface area (Å²) in [6.07, 6.45) is 1.94. The highest BCUT2D eigenvalue weighted by Gasteiger charge is 2.30. The van der Waals surface area contributed by atoms with Gasteiger partial charge in [0.05, 0.1) is 11.5 Å². The summed E-state index contributed by atoms with van der Waals surface area (Å²) >= 11 is 1.58. The Morgan fingerprint density at radius 1 is 1.62 bits per heavy atom. The van der Waals surface area contributed by atoms with Gasteiger partial charge < -0.3 is 15.7 Å². The Kier molecular flexibility index (Phi) is 5.08. The molecule has 0 aliphatic carbocycles. The molecule has 3 atom stereocenters. The third-order valence-corrected chi connectivity index (χ3v) is 3.86. The van der Waals surface area contributed by atoms with Crippen LogP contribution in [0.2, 0.25) is 0 Å². The van der Waals surface area contributed by atoms with Gasteiger partial charge in [-0.1, -0.05) is 6.92 Å². The number of hydrogen-bond acceptors (Lipinski definition) is 4. The van der Waals surface area contributed by atoms with Gasteiger partial charge in [-0.2, -0.15) is 11.8 Å². The van der Waals surface area contributed by atoms with Crippen LogP contribution in [0, 0.1) is 11.8 Å². The second kappa shape index (κ2) is 5.89. The van der Waals surface area contributed by atoms with E-state index in [-0.39, 0.29) is 11.8 Å². The van der Waals surface area contributed by atoms with Gasteiger partial charge in [-0.05, 0) is 25.6 Å². The summed E-state index contributed by atoms with van der Waals surface area (Å²) in [5.74, 6) is 1.11. The summed E-state index contributed by atoms with van der Waals surface area (Å²) in [7, 11) is 0. The molecule has 1 aliphatic heterocycles. The van der Waals surface area contributed by atoms with Gasteiger partial charge in [0, 0.05) is 18.8 Å². The van der Waals surface area contributed by atoms with Crippen molar-refractivity contribution in [1.82, 2.24) is 10.6 Å². The minimum Gasteiger partial charge on any atom is -0.387 e. The lowest BCUT2D eigenvalue weighted by Gasteiger charge is -2.24. The maximum absolute atomic E-state index is 11.8. The lowest BCUT2D eigenvalue weighted by molar-refractivity contribution is -0.126. The highest BCUT2D eigenvalue weighted by molar-refractivity contribution is 7.98. The van der Waals surface area contributed by atoms with Gasteiger partial charge in [0.15, 0.2) is 0 Å². The molecule has 1 heterocycles. The lowest BCUT2D eigenvalue weighted by atomic mass is 9.97. The van der Waals surface area contributed by atoms with Crippen LogP contribution < -0.4 is 10.6 Å². The zero-order valence-electron chi connectivity index (χ0n) is 10.2. The maximum atomic E-state index is 11.8. The molecule has 1 aliphatic rings. The normalized spacial score (nSPS) is 28.8. The minimum atomic E-state index is -0.815. The van der Waals surface area contributed by atoms with Gasteiger partial charge >= 0.3 is 0 Å². The Labute approximate surface area is 102 Å². The number of amides is 1. The Hall–Kier alpha value is -0.260. The van der Waals surface area contributed by atoms with E-state index >= 15 is 0 Å². The number of carbonyl (C=O) groups is 1. The molecule has 1 saturated heterocycles. The zero-order valence-corrected chi connectivity index (χ0v) is 11.1. The van der Waals surface area contributed by atoms with Crippen LogP contribution in [0.15, 0.2) is 0 Å². The maximum Gasteiger partial charge on any atom is 0.224 e. The highest BCUT2D eigenvalue weighted by Crippen LogP contribution is 2.16. The first kappa shape index (κ1) is 13.8. The molecule has 1 amide bonds. The van der Waals surface area contributed by atoms with Crippen LogP contribution in [0.25, 0.3) is 0 Å². The van der Waals surface area contributed by atoms with E-state index in [1.54, 1.807) is 18.7 Å². The van der Waals surface area contributed by atoms with Gasteiger partial charge in [0.25, 0.3) is 0 Å². The molecule has 3 unspecified atom stereocenters. The summed E-state index contributed by atoms with van der Waals surface area (Å²) in [6, 6.07) is 0. The average Bonchev–Trinajstić information content (AvgIpc) is 2.61. The van der Waals surface area contributed by atoms with Crippen LogP contribution in [0.3, 0.4) is 0 Å². The molecule has 0 aromatic heterocycles. The van der Waals surface area contributed by atoms with Crippen LogP contribution in [-0.2, 0) is 4.79 Å². The van der Waals surface area contributed by atoms with Gasteiger partial charge in [-0.25, -0.2) is 0 Å². The molecule has 4 nitrogen and oxygen atoms in total. The molecule has 0 aromatic rings. The number of aliphatic hydroxyl groups is 1. The fourth-order valence-electron chi connectivity index (χ4n) is 1.93. The van der Waals surface area contributed by atoms with Crippen molar-refractivity contribution in [3.05, 3.63) is 0 Å². The summed E-state index contributed by atoms with van der Waals surface area (Å²) < 4.78 is 0. The fraction of sp³-hybridized carbons (Fsp3) is 0.909. The van der Waals surface area contributed by atoms with Crippen molar-refractivity contribution >= 4 is 17.7 Å². The van der Waals surface area contributed by atoms with Crippen LogP contribution >= 0.6 is 11.8 Å². The molecule has 0 aromatic carbocycles. The smallest absolute Gasteiger partial charge is 0.224 e. The molecule has 5 heteroatoms. The first-order valence-corrected chi connectivity index (χ1v) is 7.05. The van der Waals surface area contributed by atoms with Crippen LogP contribution in [0.1, 0.15) is 13.8 Å². The van der Waals surface area contributed by atoms with Gasteiger partial charge in [-0.3, -0.25) is 4.79 Å². The molecule has 0 bridgehead atoms.